The topological polar surface area (TPSA) is 55.7 Å². The Morgan fingerprint density at radius 1 is 1.24 bits per heavy atom. The third-order valence-electron chi connectivity index (χ3n) is 2.41. The summed E-state index contributed by atoms with van der Waals surface area (Å²) in [5.41, 5.74) is 2.04. The number of nitrogens with one attached hydrogen (secondary N) is 1. The van der Waals surface area contributed by atoms with Crippen LogP contribution in [0.2, 0.25) is 0 Å². The normalized spacial score (nSPS) is 10.1. The monoisotopic (exact) mass is 254 g/mol. The van der Waals surface area contributed by atoms with Gasteiger partial charge in [0.15, 0.2) is 5.11 Å². The van der Waals surface area contributed by atoms with Crippen LogP contribution in [0.1, 0.15) is 5.56 Å². The van der Waals surface area contributed by atoms with E-state index < -0.39 is 0 Å². The Balaban J connectivity index is 2.66. The molecule has 0 fully saturated rings. The number of hydrogen-bond donors (Lipinski definition) is 3. The SMILES string of the molecule is Cc1ccccc1NC(=S)N(CCO)CCO. The van der Waals surface area contributed by atoms with Crippen molar-refractivity contribution in [2.75, 3.05) is 31.6 Å². The highest BCUT2D eigenvalue weighted by molar-refractivity contribution is 7.80. The van der Waals surface area contributed by atoms with Gasteiger partial charge >= 0.3 is 0 Å². The lowest BCUT2D eigenvalue weighted by Gasteiger charge is -2.24. The molecule has 0 bridgehead atoms. The number of aliphatic hydroxyl groups is 2. The maximum Gasteiger partial charge on any atom is 0.173 e. The lowest BCUT2D eigenvalue weighted by atomic mass is 10.2. The fourth-order valence-corrected chi connectivity index (χ4v) is 1.76. The fraction of sp³-hybridized carbons (Fsp3) is 0.417. The van der Waals surface area contributed by atoms with Crippen molar-refractivity contribution < 1.29 is 10.2 Å². The molecular weight excluding hydrogens is 236 g/mol. The molecule has 0 saturated carbocycles. The molecule has 0 unspecified atom stereocenters. The maximum absolute atomic E-state index is 8.92. The van der Waals surface area contributed by atoms with Crippen molar-refractivity contribution in [3.05, 3.63) is 29.8 Å². The van der Waals surface area contributed by atoms with Gasteiger partial charge < -0.3 is 20.4 Å². The van der Waals surface area contributed by atoms with Crippen LogP contribution in [-0.2, 0) is 0 Å². The molecular formula is C12H18N2O2S. The van der Waals surface area contributed by atoms with Crippen LogP contribution in [0.25, 0.3) is 0 Å². The van der Waals surface area contributed by atoms with Crippen molar-refractivity contribution >= 4 is 23.0 Å². The van der Waals surface area contributed by atoms with Crippen LogP contribution < -0.4 is 5.32 Å². The molecule has 17 heavy (non-hydrogen) atoms. The summed E-state index contributed by atoms with van der Waals surface area (Å²) in [4.78, 5) is 1.74. The van der Waals surface area contributed by atoms with Gasteiger partial charge in [-0.15, -0.1) is 0 Å². The van der Waals surface area contributed by atoms with Crippen molar-refractivity contribution in [2.24, 2.45) is 0 Å². The van der Waals surface area contributed by atoms with Crippen molar-refractivity contribution in [3.63, 3.8) is 0 Å². The minimum Gasteiger partial charge on any atom is -0.395 e. The van der Waals surface area contributed by atoms with Gasteiger partial charge in [0.05, 0.1) is 13.2 Å². The smallest absolute Gasteiger partial charge is 0.173 e. The van der Waals surface area contributed by atoms with Crippen molar-refractivity contribution in [1.29, 1.82) is 0 Å². The molecule has 0 aliphatic heterocycles. The summed E-state index contributed by atoms with van der Waals surface area (Å²) in [5.74, 6) is 0. The Hall–Kier alpha value is -1.17. The molecule has 1 rings (SSSR count). The van der Waals surface area contributed by atoms with Gasteiger partial charge in [-0.05, 0) is 30.8 Å². The summed E-state index contributed by atoms with van der Waals surface area (Å²) < 4.78 is 0. The highest BCUT2D eigenvalue weighted by atomic mass is 32.1. The van der Waals surface area contributed by atoms with Crippen molar-refractivity contribution in [1.82, 2.24) is 4.90 Å². The first-order chi connectivity index (χ1) is 8.19. The van der Waals surface area contributed by atoms with Gasteiger partial charge in [-0.2, -0.15) is 0 Å². The average molecular weight is 254 g/mol. The fourth-order valence-electron chi connectivity index (χ4n) is 1.46. The van der Waals surface area contributed by atoms with Gasteiger partial charge in [0, 0.05) is 18.8 Å². The number of thiocarbonyl (C=S) groups is 1. The van der Waals surface area contributed by atoms with Crippen LogP contribution in [-0.4, -0.2) is 46.5 Å². The number of anilines is 1. The highest BCUT2D eigenvalue weighted by Crippen LogP contribution is 2.13. The predicted octanol–water partition coefficient (Wildman–Crippen LogP) is 0.978. The van der Waals surface area contributed by atoms with Crippen LogP contribution in [0.3, 0.4) is 0 Å². The molecule has 0 aliphatic carbocycles. The predicted molar refractivity (Wildman–Crippen MR) is 73.1 cm³/mol. The number of rotatable bonds is 5. The molecule has 1 aromatic carbocycles. The molecule has 94 valence electrons. The van der Waals surface area contributed by atoms with E-state index in [1.807, 2.05) is 31.2 Å². The first-order valence-electron chi connectivity index (χ1n) is 5.52. The van der Waals surface area contributed by atoms with Crippen LogP contribution in [0.15, 0.2) is 24.3 Å². The van der Waals surface area contributed by atoms with Crippen molar-refractivity contribution in [3.8, 4) is 0 Å². The summed E-state index contributed by atoms with van der Waals surface area (Å²) in [6.45, 7) is 2.84. The second-order valence-electron chi connectivity index (χ2n) is 3.68. The lowest BCUT2D eigenvalue weighted by Crippen LogP contribution is -2.38. The molecule has 0 radical (unpaired) electrons. The number of para-hydroxylation sites is 1. The summed E-state index contributed by atoms with van der Waals surface area (Å²) in [7, 11) is 0. The summed E-state index contributed by atoms with van der Waals surface area (Å²) in [5, 5.41) is 21.5. The van der Waals surface area contributed by atoms with Crippen molar-refractivity contribution in [2.45, 2.75) is 6.92 Å². The molecule has 3 N–H and O–H groups in total. The second kappa shape index (κ2) is 7.21. The lowest BCUT2D eigenvalue weighted by molar-refractivity contribution is 0.214. The van der Waals surface area contributed by atoms with Crippen LogP contribution in [0.4, 0.5) is 5.69 Å². The molecule has 0 saturated heterocycles. The highest BCUT2D eigenvalue weighted by Gasteiger charge is 2.09. The summed E-state index contributed by atoms with van der Waals surface area (Å²) in [6, 6.07) is 7.83. The molecule has 4 nitrogen and oxygen atoms in total. The number of hydrogen-bond acceptors (Lipinski definition) is 3. The number of aliphatic hydroxyl groups excluding tert-OH is 2. The average Bonchev–Trinajstić information content (AvgIpc) is 2.32. The van der Waals surface area contributed by atoms with Crippen LogP contribution in [0, 0.1) is 6.92 Å². The van der Waals surface area contributed by atoms with E-state index in [2.05, 4.69) is 5.32 Å². The zero-order valence-corrected chi connectivity index (χ0v) is 10.7. The third-order valence-corrected chi connectivity index (χ3v) is 2.77. The third kappa shape index (κ3) is 4.30. The number of aryl methyl sites for hydroxylation is 1. The Morgan fingerprint density at radius 2 is 1.82 bits per heavy atom. The largest absolute Gasteiger partial charge is 0.395 e. The van der Waals surface area contributed by atoms with Gasteiger partial charge in [0.25, 0.3) is 0 Å². The van der Waals surface area contributed by atoms with Crippen LogP contribution >= 0.6 is 12.2 Å². The first-order valence-corrected chi connectivity index (χ1v) is 5.93. The Morgan fingerprint density at radius 3 is 2.35 bits per heavy atom. The molecule has 0 heterocycles. The molecule has 5 heteroatoms. The Labute approximate surface area is 107 Å². The minimum absolute atomic E-state index is 0.00952. The van der Waals surface area contributed by atoms with Gasteiger partial charge in [0.1, 0.15) is 0 Å². The molecule has 0 aliphatic rings. The molecule has 0 amide bonds. The van der Waals surface area contributed by atoms with E-state index in [-0.39, 0.29) is 13.2 Å². The molecule has 1 aromatic rings. The summed E-state index contributed by atoms with van der Waals surface area (Å²) >= 11 is 5.24. The van der Waals surface area contributed by atoms with Gasteiger partial charge in [-0.25, -0.2) is 0 Å². The standard InChI is InChI=1S/C12H18N2O2S/c1-10-4-2-3-5-11(10)13-12(17)14(6-8-15)7-9-16/h2-5,15-16H,6-9H2,1H3,(H,13,17). The maximum atomic E-state index is 8.92. The van der Waals surface area contributed by atoms with Gasteiger partial charge in [-0.3, -0.25) is 0 Å². The Kier molecular flexibility index (Phi) is 5.90. The number of benzene rings is 1. The van der Waals surface area contributed by atoms with Gasteiger partial charge in [-0.1, -0.05) is 18.2 Å². The first kappa shape index (κ1) is 13.9. The summed E-state index contributed by atoms with van der Waals surface area (Å²) in [6.07, 6.45) is 0. The van der Waals surface area contributed by atoms with Crippen LogP contribution in [0.5, 0.6) is 0 Å². The molecule has 0 atom stereocenters. The van der Waals surface area contributed by atoms with E-state index in [9.17, 15) is 0 Å². The quantitative estimate of drug-likeness (QED) is 0.684. The van der Waals surface area contributed by atoms with E-state index in [4.69, 9.17) is 22.4 Å². The minimum atomic E-state index is 0.00952. The van der Waals surface area contributed by atoms with E-state index in [0.717, 1.165) is 11.3 Å². The van der Waals surface area contributed by atoms with E-state index >= 15 is 0 Å². The Bertz CT molecular complexity index is 365. The number of nitrogens with zero attached hydrogens (tertiary/aromatic N) is 1. The van der Waals surface area contributed by atoms with E-state index in [0.29, 0.717) is 18.2 Å². The second-order valence-corrected chi connectivity index (χ2v) is 4.07. The molecule has 0 spiro atoms. The van der Waals surface area contributed by atoms with E-state index in [1.165, 1.54) is 0 Å². The molecule has 0 aromatic heterocycles. The zero-order chi connectivity index (χ0) is 12.7. The zero-order valence-electron chi connectivity index (χ0n) is 9.89. The van der Waals surface area contributed by atoms with Gasteiger partial charge in [0.2, 0.25) is 0 Å². The van der Waals surface area contributed by atoms with E-state index in [1.54, 1.807) is 4.90 Å².